The fraction of sp³-hybridized carbons (Fsp3) is 0.125. The van der Waals surface area contributed by atoms with Gasteiger partial charge in [-0.25, -0.2) is 9.78 Å². The molecular formula is C16H15N3OS. The average Bonchev–Trinajstić information content (AvgIpc) is 2.88. The van der Waals surface area contributed by atoms with Crippen LogP contribution >= 0.6 is 11.3 Å². The van der Waals surface area contributed by atoms with Crippen LogP contribution in [0.2, 0.25) is 0 Å². The van der Waals surface area contributed by atoms with Gasteiger partial charge in [0.15, 0.2) is 0 Å². The molecule has 1 heterocycles. The number of anilines is 1. The van der Waals surface area contributed by atoms with Crippen molar-refractivity contribution in [3.63, 3.8) is 0 Å². The Balaban J connectivity index is 1.60. The number of urea groups is 1. The number of thiazole rings is 1. The topological polar surface area (TPSA) is 54.0 Å². The molecule has 106 valence electrons. The quantitative estimate of drug-likeness (QED) is 0.769. The summed E-state index contributed by atoms with van der Waals surface area (Å²) >= 11 is 1.59. The van der Waals surface area contributed by atoms with Crippen LogP contribution in [0.1, 0.15) is 10.6 Å². The maximum absolute atomic E-state index is 11.9. The van der Waals surface area contributed by atoms with Crippen molar-refractivity contribution >= 4 is 33.3 Å². The zero-order valence-corrected chi connectivity index (χ0v) is 12.4. The summed E-state index contributed by atoms with van der Waals surface area (Å²) < 4.78 is 1.13. The summed E-state index contributed by atoms with van der Waals surface area (Å²) in [7, 11) is 0. The molecule has 0 saturated heterocycles. The maximum atomic E-state index is 11.9. The van der Waals surface area contributed by atoms with Gasteiger partial charge in [-0.1, -0.05) is 24.3 Å². The van der Waals surface area contributed by atoms with Gasteiger partial charge in [-0.3, -0.25) is 0 Å². The van der Waals surface area contributed by atoms with E-state index < -0.39 is 0 Å². The van der Waals surface area contributed by atoms with Crippen LogP contribution in [0, 0.1) is 6.92 Å². The molecule has 0 spiro atoms. The Bertz CT molecular complexity index is 749. The molecule has 2 amide bonds. The molecule has 2 aromatic carbocycles. The van der Waals surface area contributed by atoms with Crippen LogP contribution in [-0.2, 0) is 6.54 Å². The molecule has 2 N–H and O–H groups in total. The highest BCUT2D eigenvalue weighted by molar-refractivity contribution is 7.18. The van der Waals surface area contributed by atoms with Gasteiger partial charge >= 0.3 is 6.03 Å². The van der Waals surface area contributed by atoms with E-state index >= 15 is 0 Å². The second kappa shape index (κ2) is 5.93. The molecule has 4 nitrogen and oxygen atoms in total. The van der Waals surface area contributed by atoms with Crippen LogP contribution in [0.4, 0.5) is 10.5 Å². The molecule has 0 aliphatic rings. The Morgan fingerprint density at radius 3 is 2.86 bits per heavy atom. The standard InChI is InChI=1S/C16H15N3OS/c1-11-5-4-6-12(9-11)18-16(20)17-10-15-19-13-7-2-3-8-14(13)21-15/h2-9H,10H2,1H3,(H2,17,18,20). The minimum atomic E-state index is -0.222. The van der Waals surface area contributed by atoms with Gasteiger partial charge < -0.3 is 10.6 Å². The zero-order valence-electron chi connectivity index (χ0n) is 11.6. The number of amides is 2. The smallest absolute Gasteiger partial charge is 0.319 e. The van der Waals surface area contributed by atoms with E-state index in [-0.39, 0.29) is 6.03 Å². The van der Waals surface area contributed by atoms with Crippen molar-refractivity contribution < 1.29 is 4.79 Å². The molecule has 0 saturated carbocycles. The number of carbonyl (C=O) groups excluding carboxylic acids is 1. The third-order valence-corrected chi connectivity index (χ3v) is 4.05. The summed E-state index contributed by atoms with van der Waals surface area (Å²) in [5, 5.41) is 6.54. The van der Waals surface area contributed by atoms with Crippen LogP contribution in [0.25, 0.3) is 10.2 Å². The summed E-state index contributed by atoms with van der Waals surface area (Å²) in [5.74, 6) is 0. The lowest BCUT2D eigenvalue weighted by atomic mass is 10.2. The molecule has 0 radical (unpaired) electrons. The van der Waals surface area contributed by atoms with Crippen LogP contribution < -0.4 is 10.6 Å². The number of rotatable bonds is 3. The highest BCUT2D eigenvalue weighted by Gasteiger charge is 2.06. The van der Waals surface area contributed by atoms with E-state index in [9.17, 15) is 4.79 Å². The number of nitrogens with zero attached hydrogens (tertiary/aromatic N) is 1. The van der Waals surface area contributed by atoms with Crippen molar-refractivity contribution in [1.82, 2.24) is 10.3 Å². The zero-order chi connectivity index (χ0) is 14.7. The van der Waals surface area contributed by atoms with E-state index in [2.05, 4.69) is 15.6 Å². The van der Waals surface area contributed by atoms with Gasteiger partial charge in [0.2, 0.25) is 0 Å². The van der Waals surface area contributed by atoms with E-state index in [0.717, 1.165) is 26.5 Å². The number of carbonyl (C=O) groups is 1. The Kier molecular flexibility index (Phi) is 3.83. The van der Waals surface area contributed by atoms with E-state index in [0.29, 0.717) is 6.54 Å². The summed E-state index contributed by atoms with van der Waals surface area (Å²) in [5.41, 5.74) is 2.87. The van der Waals surface area contributed by atoms with Gasteiger partial charge in [-0.05, 0) is 36.8 Å². The number of fused-ring (bicyclic) bond motifs is 1. The van der Waals surface area contributed by atoms with Crippen LogP contribution in [0.3, 0.4) is 0 Å². The van der Waals surface area contributed by atoms with Crippen LogP contribution in [0.15, 0.2) is 48.5 Å². The molecule has 1 aromatic heterocycles. The van der Waals surface area contributed by atoms with Gasteiger partial charge in [0.05, 0.1) is 16.8 Å². The first kappa shape index (κ1) is 13.6. The molecule has 3 rings (SSSR count). The van der Waals surface area contributed by atoms with Gasteiger partial charge in [0.1, 0.15) is 5.01 Å². The van der Waals surface area contributed by atoms with Crippen molar-refractivity contribution in [2.24, 2.45) is 0 Å². The number of benzene rings is 2. The number of nitrogens with one attached hydrogen (secondary N) is 2. The first-order valence-electron chi connectivity index (χ1n) is 6.67. The largest absolute Gasteiger partial charge is 0.331 e. The summed E-state index contributed by atoms with van der Waals surface area (Å²) in [6.45, 7) is 2.42. The van der Waals surface area contributed by atoms with Crippen LogP contribution in [-0.4, -0.2) is 11.0 Å². The monoisotopic (exact) mass is 297 g/mol. The molecule has 0 bridgehead atoms. The summed E-state index contributed by atoms with van der Waals surface area (Å²) in [6.07, 6.45) is 0. The average molecular weight is 297 g/mol. The van der Waals surface area contributed by atoms with E-state index in [1.165, 1.54) is 0 Å². The minimum Gasteiger partial charge on any atom is -0.331 e. The summed E-state index contributed by atoms with van der Waals surface area (Å²) in [6, 6.07) is 15.4. The molecule has 21 heavy (non-hydrogen) atoms. The molecule has 0 unspecified atom stereocenters. The fourth-order valence-electron chi connectivity index (χ4n) is 2.05. The van der Waals surface area contributed by atoms with E-state index in [4.69, 9.17) is 0 Å². The molecule has 0 fully saturated rings. The predicted molar refractivity (Wildman–Crippen MR) is 86.7 cm³/mol. The number of hydrogen-bond donors (Lipinski definition) is 2. The molecule has 0 aliphatic carbocycles. The predicted octanol–water partition coefficient (Wildman–Crippen LogP) is 3.93. The number of para-hydroxylation sites is 1. The van der Waals surface area contributed by atoms with Gasteiger partial charge in [0.25, 0.3) is 0 Å². The number of aromatic nitrogens is 1. The van der Waals surface area contributed by atoms with Gasteiger partial charge in [0, 0.05) is 5.69 Å². The highest BCUT2D eigenvalue weighted by Crippen LogP contribution is 2.21. The molecule has 0 aliphatic heterocycles. The van der Waals surface area contributed by atoms with Gasteiger partial charge in [-0.2, -0.15) is 0 Å². The Hall–Kier alpha value is -2.40. The van der Waals surface area contributed by atoms with E-state index in [1.54, 1.807) is 11.3 Å². The van der Waals surface area contributed by atoms with Crippen molar-refractivity contribution in [2.45, 2.75) is 13.5 Å². The summed E-state index contributed by atoms with van der Waals surface area (Å²) in [4.78, 5) is 16.3. The highest BCUT2D eigenvalue weighted by atomic mass is 32.1. The molecular weight excluding hydrogens is 282 g/mol. The Morgan fingerprint density at radius 1 is 1.19 bits per heavy atom. The fourth-order valence-corrected chi connectivity index (χ4v) is 2.96. The minimum absolute atomic E-state index is 0.222. The number of aryl methyl sites for hydroxylation is 1. The third-order valence-electron chi connectivity index (χ3n) is 3.01. The second-order valence-corrected chi connectivity index (χ2v) is 5.87. The van der Waals surface area contributed by atoms with Crippen molar-refractivity contribution in [1.29, 1.82) is 0 Å². The van der Waals surface area contributed by atoms with Crippen molar-refractivity contribution in [3.8, 4) is 0 Å². The normalized spacial score (nSPS) is 10.5. The molecule has 5 heteroatoms. The Morgan fingerprint density at radius 2 is 2.05 bits per heavy atom. The van der Waals surface area contributed by atoms with Crippen LogP contribution in [0.5, 0.6) is 0 Å². The first-order valence-corrected chi connectivity index (χ1v) is 7.48. The van der Waals surface area contributed by atoms with Crippen molar-refractivity contribution in [3.05, 3.63) is 59.1 Å². The lowest BCUT2D eigenvalue weighted by Gasteiger charge is -2.06. The lowest BCUT2D eigenvalue weighted by Crippen LogP contribution is -2.28. The number of hydrogen-bond acceptors (Lipinski definition) is 3. The molecule has 0 atom stereocenters. The second-order valence-electron chi connectivity index (χ2n) is 4.75. The van der Waals surface area contributed by atoms with E-state index in [1.807, 2.05) is 55.5 Å². The Labute approximate surface area is 126 Å². The van der Waals surface area contributed by atoms with Crippen molar-refractivity contribution in [2.75, 3.05) is 5.32 Å². The first-order chi connectivity index (χ1) is 10.2. The van der Waals surface area contributed by atoms with Gasteiger partial charge in [-0.15, -0.1) is 11.3 Å². The molecule has 3 aromatic rings. The lowest BCUT2D eigenvalue weighted by molar-refractivity contribution is 0.251. The maximum Gasteiger partial charge on any atom is 0.319 e. The SMILES string of the molecule is Cc1cccc(NC(=O)NCc2nc3ccccc3s2)c1. The third kappa shape index (κ3) is 3.38.